The molecule has 0 spiro atoms. The topological polar surface area (TPSA) is 40.7 Å². The highest BCUT2D eigenvalue weighted by Gasteiger charge is 2.15. The molecule has 2 aromatic rings. The van der Waals surface area contributed by atoms with Crippen molar-refractivity contribution >= 4 is 28.3 Å². The van der Waals surface area contributed by atoms with E-state index < -0.39 is 0 Å². The zero-order chi connectivity index (χ0) is 11.7. The number of aromatic amines is 1. The summed E-state index contributed by atoms with van der Waals surface area (Å²) in [4.78, 5) is 7.36. The molecule has 0 aromatic carbocycles. The van der Waals surface area contributed by atoms with E-state index >= 15 is 0 Å². The fourth-order valence-corrected chi connectivity index (χ4v) is 2.79. The Bertz CT molecular complexity index is 514. The third-order valence-corrected chi connectivity index (χ3v) is 3.66. The van der Waals surface area contributed by atoms with Crippen molar-refractivity contribution in [2.75, 3.05) is 5.32 Å². The number of aromatic nitrogens is 2. The summed E-state index contributed by atoms with van der Waals surface area (Å²) in [6, 6.07) is 4.55. The summed E-state index contributed by atoms with van der Waals surface area (Å²) in [6.45, 7) is 0. The Morgan fingerprint density at radius 2 is 2.12 bits per heavy atom. The van der Waals surface area contributed by atoms with E-state index in [1.807, 2.05) is 18.3 Å². The van der Waals surface area contributed by atoms with Crippen molar-refractivity contribution in [2.24, 2.45) is 0 Å². The first kappa shape index (κ1) is 10.9. The second-order valence-electron chi connectivity index (χ2n) is 4.71. The summed E-state index contributed by atoms with van der Waals surface area (Å²) < 4.78 is 0. The highest BCUT2D eigenvalue weighted by Crippen LogP contribution is 2.28. The van der Waals surface area contributed by atoms with Crippen molar-refractivity contribution in [2.45, 2.75) is 38.1 Å². The van der Waals surface area contributed by atoms with Crippen LogP contribution in [0.5, 0.6) is 0 Å². The maximum absolute atomic E-state index is 6.03. The highest BCUT2D eigenvalue weighted by atomic mass is 35.5. The van der Waals surface area contributed by atoms with Crippen molar-refractivity contribution in [1.29, 1.82) is 0 Å². The molecule has 0 radical (unpaired) electrons. The van der Waals surface area contributed by atoms with Gasteiger partial charge in [0.25, 0.3) is 0 Å². The smallest absolute Gasteiger partial charge is 0.141 e. The Morgan fingerprint density at radius 3 is 2.94 bits per heavy atom. The largest absolute Gasteiger partial charge is 0.382 e. The third-order valence-electron chi connectivity index (χ3n) is 3.46. The van der Waals surface area contributed by atoms with Crippen LogP contribution >= 0.6 is 11.6 Å². The van der Waals surface area contributed by atoms with Crippen LogP contribution in [0.1, 0.15) is 32.1 Å². The molecular weight excluding hydrogens is 234 g/mol. The Kier molecular flexibility index (Phi) is 2.93. The van der Waals surface area contributed by atoms with Gasteiger partial charge >= 0.3 is 0 Å². The second-order valence-corrected chi connectivity index (χ2v) is 5.10. The maximum Gasteiger partial charge on any atom is 0.141 e. The van der Waals surface area contributed by atoms with Crippen LogP contribution < -0.4 is 5.32 Å². The minimum Gasteiger partial charge on any atom is -0.382 e. The summed E-state index contributed by atoms with van der Waals surface area (Å²) in [5, 5.41) is 5.27. The maximum atomic E-state index is 6.03. The fourth-order valence-electron chi connectivity index (χ4n) is 2.59. The lowest BCUT2D eigenvalue weighted by Crippen LogP contribution is -2.22. The molecule has 1 aliphatic carbocycles. The van der Waals surface area contributed by atoms with E-state index in [4.69, 9.17) is 11.6 Å². The number of rotatable bonds is 2. The van der Waals surface area contributed by atoms with E-state index in [2.05, 4.69) is 15.3 Å². The molecule has 90 valence electrons. The van der Waals surface area contributed by atoms with Crippen LogP contribution in [0.2, 0.25) is 5.15 Å². The van der Waals surface area contributed by atoms with Gasteiger partial charge in [-0.1, -0.05) is 30.9 Å². The molecule has 1 fully saturated rings. The number of fused-ring (bicyclic) bond motifs is 1. The SMILES string of the molecule is Clc1cc(NC2CCCCC2)c2cc[nH]c2n1. The number of H-pyrrole nitrogens is 1. The first-order valence-corrected chi connectivity index (χ1v) is 6.61. The Hall–Kier alpha value is -1.22. The van der Waals surface area contributed by atoms with Crippen LogP contribution in [0.25, 0.3) is 11.0 Å². The molecule has 2 aromatic heterocycles. The summed E-state index contributed by atoms with van der Waals surface area (Å²) in [6.07, 6.45) is 8.44. The molecular formula is C13H16ClN3. The molecule has 0 unspecified atom stereocenters. The first-order valence-electron chi connectivity index (χ1n) is 6.23. The van der Waals surface area contributed by atoms with Gasteiger partial charge in [0, 0.05) is 23.3 Å². The average molecular weight is 250 g/mol. The third kappa shape index (κ3) is 2.25. The molecule has 2 heterocycles. The molecule has 0 bridgehead atoms. The van der Waals surface area contributed by atoms with E-state index in [9.17, 15) is 0 Å². The van der Waals surface area contributed by atoms with Gasteiger partial charge in [-0.2, -0.15) is 0 Å². The predicted molar refractivity (Wildman–Crippen MR) is 71.6 cm³/mol. The lowest BCUT2D eigenvalue weighted by molar-refractivity contribution is 0.463. The minimum absolute atomic E-state index is 0.540. The molecule has 1 saturated carbocycles. The van der Waals surface area contributed by atoms with Gasteiger partial charge in [0.2, 0.25) is 0 Å². The van der Waals surface area contributed by atoms with Crippen molar-refractivity contribution in [3.63, 3.8) is 0 Å². The van der Waals surface area contributed by atoms with Gasteiger partial charge in [-0.15, -0.1) is 0 Å². The number of nitrogens with zero attached hydrogens (tertiary/aromatic N) is 1. The summed E-state index contributed by atoms with van der Waals surface area (Å²) in [5.74, 6) is 0. The Labute approximate surface area is 106 Å². The van der Waals surface area contributed by atoms with E-state index in [0.717, 1.165) is 16.7 Å². The number of pyridine rings is 1. The molecule has 3 nitrogen and oxygen atoms in total. The molecule has 3 rings (SSSR count). The zero-order valence-corrected chi connectivity index (χ0v) is 10.4. The number of halogens is 1. The average Bonchev–Trinajstić information content (AvgIpc) is 2.78. The molecule has 0 aliphatic heterocycles. The lowest BCUT2D eigenvalue weighted by atomic mass is 9.95. The molecule has 17 heavy (non-hydrogen) atoms. The fraction of sp³-hybridized carbons (Fsp3) is 0.462. The summed E-state index contributed by atoms with van der Waals surface area (Å²) in [5.41, 5.74) is 1.96. The van der Waals surface area contributed by atoms with Crippen LogP contribution in [0, 0.1) is 0 Å². The van der Waals surface area contributed by atoms with Gasteiger partial charge in [0.1, 0.15) is 10.8 Å². The molecule has 4 heteroatoms. The van der Waals surface area contributed by atoms with Gasteiger partial charge in [-0.05, 0) is 25.0 Å². The monoisotopic (exact) mass is 249 g/mol. The van der Waals surface area contributed by atoms with Crippen LogP contribution in [0.15, 0.2) is 18.3 Å². The van der Waals surface area contributed by atoms with Crippen LogP contribution in [0.4, 0.5) is 5.69 Å². The number of hydrogen-bond acceptors (Lipinski definition) is 2. The van der Waals surface area contributed by atoms with Crippen molar-refractivity contribution in [1.82, 2.24) is 9.97 Å². The van der Waals surface area contributed by atoms with Gasteiger partial charge in [0.05, 0.1) is 0 Å². The molecule has 0 atom stereocenters. The highest BCUT2D eigenvalue weighted by molar-refractivity contribution is 6.30. The standard InChI is InChI=1S/C13H16ClN3/c14-12-8-11(10-6-7-15-13(10)17-12)16-9-4-2-1-3-5-9/h6-9H,1-5H2,(H2,15,16,17). The molecule has 1 aliphatic rings. The van der Waals surface area contributed by atoms with E-state index in [0.29, 0.717) is 11.2 Å². The first-order chi connectivity index (χ1) is 8.33. The Morgan fingerprint density at radius 1 is 1.29 bits per heavy atom. The number of anilines is 1. The zero-order valence-electron chi connectivity index (χ0n) is 9.67. The minimum atomic E-state index is 0.540. The molecule has 2 N–H and O–H groups in total. The van der Waals surface area contributed by atoms with Crippen molar-refractivity contribution in [3.8, 4) is 0 Å². The van der Waals surface area contributed by atoms with Crippen molar-refractivity contribution < 1.29 is 0 Å². The van der Waals surface area contributed by atoms with Crippen LogP contribution in [0.3, 0.4) is 0 Å². The Balaban J connectivity index is 1.90. The van der Waals surface area contributed by atoms with Gasteiger partial charge in [-0.25, -0.2) is 4.98 Å². The van der Waals surface area contributed by atoms with Crippen LogP contribution in [-0.4, -0.2) is 16.0 Å². The second kappa shape index (κ2) is 4.57. The van der Waals surface area contributed by atoms with Gasteiger partial charge in [-0.3, -0.25) is 0 Å². The molecule has 0 saturated heterocycles. The van der Waals surface area contributed by atoms with E-state index in [1.165, 1.54) is 32.1 Å². The van der Waals surface area contributed by atoms with E-state index in [-0.39, 0.29) is 0 Å². The van der Waals surface area contributed by atoms with Crippen molar-refractivity contribution in [3.05, 3.63) is 23.5 Å². The number of hydrogen-bond donors (Lipinski definition) is 2. The summed E-state index contributed by atoms with van der Waals surface area (Å²) >= 11 is 6.03. The van der Waals surface area contributed by atoms with Gasteiger partial charge in [0.15, 0.2) is 0 Å². The number of nitrogens with one attached hydrogen (secondary N) is 2. The van der Waals surface area contributed by atoms with Crippen LogP contribution in [-0.2, 0) is 0 Å². The molecule has 0 amide bonds. The normalized spacial score (nSPS) is 17.5. The summed E-state index contributed by atoms with van der Waals surface area (Å²) in [7, 11) is 0. The lowest BCUT2D eigenvalue weighted by Gasteiger charge is -2.24. The predicted octanol–water partition coefficient (Wildman–Crippen LogP) is 3.96. The van der Waals surface area contributed by atoms with Gasteiger partial charge < -0.3 is 10.3 Å². The van der Waals surface area contributed by atoms with E-state index in [1.54, 1.807) is 0 Å². The quantitative estimate of drug-likeness (QED) is 0.791.